The Labute approximate surface area is 146 Å². The van der Waals surface area contributed by atoms with Crippen LogP contribution in [0.3, 0.4) is 0 Å². The first-order valence-electron chi connectivity index (χ1n) is 7.95. The first-order valence-corrected chi connectivity index (χ1v) is 8.71. The molecule has 1 aromatic rings. The zero-order valence-electron chi connectivity index (χ0n) is 13.2. The van der Waals surface area contributed by atoms with Gasteiger partial charge in [0.25, 0.3) is 0 Å². The number of carbonyl (C=O) groups is 2. The minimum atomic E-state index is -0.0386. The standard InChI is InChI=1S/C17H22Cl2N2O2/c1-11-9-13(11)17(23)21-8-6-16(22)20-7-2-3-12-4-5-14(18)15(19)10-12/h4-5,10-11,13H,2-3,6-9H2,1H3,(H,20,22)(H,21,23). The molecule has 0 saturated heterocycles. The summed E-state index contributed by atoms with van der Waals surface area (Å²) in [6.45, 7) is 3.07. The van der Waals surface area contributed by atoms with Crippen LogP contribution in [-0.4, -0.2) is 24.9 Å². The predicted molar refractivity (Wildman–Crippen MR) is 92.7 cm³/mol. The topological polar surface area (TPSA) is 58.2 Å². The van der Waals surface area contributed by atoms with Crippen LogP contribution in [0, 0.1) is 11.8 Å². The number of amides is 2. The van der Waals surface area contributed by atoms with Crippen molar-refractivity contribution >= 4 is 35.0 Å². The third-order valence-corrected chi connectivity index (χ3v) is 4.78. The lowest BCUT2D eigenvalue weighted by atomic mass is 10.1. The maximum atomic E-state index is 11.7. The summed E-state index contributed by atoms with van der Waals surface area (Å²) >= 11 is 11.8. The minimum absolute atomic E-state index is 0.0386. The normalized spacial score (nSPS) is 19.3. The zero-order chi connectivity index (χ0) is 16.8. The van der Waals surface area contributed by atoms with Crippen molar-refractivity contribution in [3.05, 3.63) is 33.8 Å². The van der Waals surface area contributed by atoms with Gasteiger partial charge >= 0.3 is 0 Å². The second-order valence-corrected chi connectivity index (χ2v) is 6.88. The lowest BCUT2D eigenvalue weighted by molar-refractivity contribution is -0.123. The van der Waals surface area contributed by atoms with Gasteiger partial charge in [0, 0.05) is 25.4 Å². The van der Waals surface area contributed by atoms with Crippen LogP contribution in [0.2, 0.25) is 10.0 Å². The molecule has 0 radical (unpaired) electrons. The SMILES string of the molecule is CC1CC1C(=O)NCCC(=O)NCCCc1ccc(Cl)c(Cl)c1. The zero-order valence-corrected chi connectivity index (χ0v) is 14.7. The van der Waals surface area contributed by atoms with Crippen molar-refractivity contribution < 1.29 is 9.59 Å². The van der Waals surface area contributed by atoms with E-state index in [9.17, 15) is 9.59 Å². The van der Waals surface area contributed by atoms with E-state index >= 15 is 0 Å². The van der Waals surface area contributed by atoms with E-state index in [-0.39, 0.29) is 17.7 Å². The predicted octanol–water partition coefficient (Wildman–Crippen LogP) is 3.20. The van der Waals surface area contributed by atoms with Crippen molar-refractivity contribution in [2.75, 3.05) is 13.1 Å². The highest BCUT2D eigenvalue weighted by Gasteiger charge is 2.38. The van der Waals surface area contributed by atoms with E-state index in [4.69, 9.17) is 23.2 Å². The fraction of sp³-hybridized carbons (Fsp3) is 0.529. The van der Waals surface area contributed by atoms with Crippen molar-refractivity contribution in [3.8, 4) is 0 Å². The Morgan fingerprint density at radius 2 is 1.91 bits per heavy atom. The lowest BCUT2D eigenvalue weighted by Crippen LogP contribution is -2.32. The summed E-state index contributed by atoms with van der Waals surface area (Å²) in [5.41, 5.74) is 1.10. The Morgan fingerprint density at radius 3 is 2.57 bits per heavy atom. The number of carbonyl (C=O) groups excluding carboxylic acids is 2. The van der Waals surface area contributed by atoms with Crippen molar-refractivity contribution in [2.24, 2.45) is 11.8 Å². The molecule has 2 unspecified atom stereocenters. The number of nitrogens with one attached hydrogen (secondary N) is 2. The fourth-order valence-electron chi connectivity index (χ4n) is 2.42. The second-order valence-electron chi connectivity index (χ2n) is 6.06. The van der Waals surface area contributed by atoms with Crippen molar-refractivity contribution in [1.29, 1.82) is 0 Å². The third-order valence-electron chi connectivity index (χ3n) is 4.05. The molecule has 6 heteroatoms. The van der Waals surface area contributed by atoms with Gasteiger partial charge < -0.3 is 10.6 Å². The molecule has 0 spiro atoms. The van der Waals surface area contributed by atoms with E-state index < -0.39 is 0 Å². The van der Waals surface area contributed by atoms with E-state index in [2.05, 4.69) is 17.6 Å². The van der Waals surface area contributed by atoms with E-state index in [0.717, 1.165) is 24.8 Å². The quantitative estimate of drug-likeness (QED) is 0.702. The van der Waals surface area contributed by atoms with Gasteiger partial charge in [0.15, 0.2) is 0 Å². The van der Waals surface area contributed by atoms with Gasteiger partial charge in [0.2, 0.25) is 11.8 Å². The Morgan fingerprint density at radius 1 is 1.17 bits per heavy atom. The molecule has 0 bridgehead atoms. The van der Waals surface area contributed by atoms with Gasteiger partial charge in [-0.25, -0.2) is 0 Å². The third kappa shape index (κ3) is 6.04. The largest absolute Gasteiger partial charge is 0.356 e. The molecule has 2 N–H and O–H groups in total. The Bertz CT molecular complexity index is 578. The van der Waals surface area contributed by atoms with Gasteiger partial charge in [-0.2, -0.15) is 0 Å². The second kappa shape index (κ2) is 8.55. The summed E-state index contributed by atoms with van der Waals surface area (Å²) in [5, 5.41) is 6.76. The highest BCUT2D eigenvalue weighted by molar-refractivity contribution is 6.42. The maximum Gasteiger partial charge on any atom is 0.223 e. The lowest BCUT2D eigenvalue weighted by Gasteiger charge is -2.07. The highest BCUT2D eigenvalue weighted by Crippen LogP contribution is 2.37. The molecule has 126 valence electrons. The summed E-state index contributed by atoms with van der Waals surface area (Å²) in [6.07, 6.45) is 2.94. The molecule has 23 heavy (non-hydrogen) atoms. The average Bonchev–Trinajstić information content (AvgIpc) is 3.24. The van der Waals surface area contributed by atoms with Crippen LogP contribution < -0.4 is 10.6 Å². The smallest absolute Gasteiger partial charge is 0.223 e. The molecular formula is C17H22Cl2N2O2. The molecule has 0 aromatic heterocycles. The number of rotatable bonds is 8. The van der Waals surface area contributed by atoms with Gasteiger partial charge in [0.1, 0.15) is 0 Å². The summed E-state index contributed by atoms with van der Waals surface area (Å²) in [7, 11) is 0. The van der Waals surface area contributed by atoms with E-state index in [1.165, 1.54) is 0 Å². The maximum absolute atomic E-state index is 11.7. The first kappa shape index (κ1) is 18.1. The molecule has 2 rings (SSSR count). The number of halogens is 2. The van der Waals surface area contributed by atoms with Crippen LogP contribution >= 0.6 is 23.2 Å². The molecule has 2 atom stereocenters. The highest BCUT2D eigenvalue weighted by atomic mass is 35.5. The molecule has 2 amide bonds. The van der Waals surface area contributed by atoms with Gasteiger partial charge in [-0.3, -0.25) is 9.59 Å². The number of hydrogen-bond donors (Lipinski definition) is 2. The van der Waals surface area contributed by atoms with Gasteiger partial charge in [0.05, 0.1) is 10.0 Å². The van der Waals surface area contributed by atoms with Crippen molar-refractivity contribution in [1.82, 2.24) is 10.6 Å². The van der Waals surface area contributed by atoms with Crippen LogP contribution in [0.25, 0.3) is 0 Å². The number of hydrogen-bond acceptors (Lipinski definition) is 2. The molecule has 1 aliphatic carbocycles. The summed E-state index contributed by atoms with van der Waals surface area (Å²) in [4.78, 5) is 23.3. The molecular weight excluding hydrogens is 335 g/mol. The Balaban J connectivity index is 1.54. The Kier molecular flexibility index (Phi) is 6.72. The molecule has 1 saturated carbocycles. The summed E-state index contributed by atoms with van der Waals surface area (Å²) in [6, 6.07) is 5.56. The average molecular weight is 357 g/mol. The van der Waals surface area contributed by atoms with Gasteiger partial charge in [-0.15, -0.1) is 0 Å². The summed E-state index contributed by atoms with van der Waals surface area (Å²) < 4.78 is 0. The van der Waals surface area contributed by atoms with Crippen LogP contribution in [0.5, 0.6) is 0 Å². The van der Waals surface area contributed by atoms with Gasteiger partial charge in [-0.1, -0.05) is 36.2 Å². The fourth-order valence-corrected chi connectivity index (χ4v) is 2.74. The van der Waals surface area contributed by atoms with Gasteiger partial charge in [-0.05, 0) is 42.9 Å². The van der Waals surface area contributed by atoms with Crippen LogP contribution in [0.4, 0.5) is 0 Å². The molecule has 0 heterocycles. The number of benzene rings is 1. The molecule has 4 nitrogen and oxygen atoms in total. The Hall–Kier alpha value is -1.26. The first-order chi connectivity index (χ1) is 11.0. The van der Waals surface area contributed by atoms with E-state index in [1.807, 2.05) is 12.1 Å². The van der Waals surface area contributed by atoms with E-state index in [1.54, 1.807) is 6.07 Å². The van der Waals surface area contributed by atoms with Crippen molar-refractivity contribution in [2.45, 2.75) is 32.6 Å². The van der Waals surface area contributed by atoms with Crippen molar-refractivity contribution in [3.63, 3.8) is 0 Å². The molecule has 0 aliphatic heterocycles. The van der Waals surface area contributed by atoms with Crippen LogP contribution in [0.15, 0.2) is 18.2 Å². The van der Waals surface area contributed by atoms with E-state index in [0.29, 0.717) is 35.5 Å². The molecule has 1 fully saturated rings. The minimum Gasteiger partial charge on any atom is -0.356 e. The monoisotopic (exact) mass is 356 g/mol. The van der Waals surface area contributed by atoms with Crippen LogP contribution in [0.1, 0.15) is 31.7 Å². The number of aryl methyl sites for hydroxylation is 1. The summed E-state index contributed by atoms with van der Waals surface area (Å²) in [5.74, 6) is 0.683. The molecule has 1 aliphatic rings. The van der Waals surface area contributed by atoms with Crippen LogP contribution in [-0.2, 0) is 16.0 Å². The molecule has 1 aromatic carbocycles.